The van der Waals surface area contributed by atoms with Gasteiger partial charge in [-0.05, 0) is 43.2 Å². The SMILES string of the molecule is COC1CCN(c2ccc(NC(=O)c3ccc(CNC(C)=O)o3)cc2C(F)(F)F)CC1. The van der Waals surface area contributed by atoms with E-state index < -0.39 is 17.6 Å². The lowest BCUT2D eigenvalue weighted by Gasteiger charge is -2.34. The highest BCUT2D eigenvalue weighted by Gasteiger charge is 2.36. The molecule has 1 aliphatic rings. The fourth-order valence-electron chi connectivity index (χ4n) is 3.45. The van der Waals surface area contributed by atoms with Crippen molar-refractivity contribution in [1.82, 2.24) is 5.32 Å². The molecule has 31 heavy (non-hydrogen) atoms. The van der Waals surface area contributed by atoms with E-state index in [1.54, 1.807) is 12.0 Å². The molecule has 1 aliphatic heterocycles. The van der Waals surface area contributed by atoms with Gasteiger partial charge >= 0.3 is 6.18 Å². The maximum absolute atomic E-state index is 13.7. The second-order valence-electron chi connectivity index (χ2n) is 7.28. The molecule has 0 bridgehead atoms. The lowest BCUT2D eigenvalue weighted by Crippen LogP contribution is -2.37. The van der Waals surface area contributed by atoms with Crippen LogP contribution in [-0.2, 0) is 22.3 Å². The lowest BCUT2D eigenvalue weighted by atomic mass is 10.0. The molecule has 0 unspecified atom stereocenters. The van der Waals surface area contributed by atoms with E-state index >= 15 is 0 Å². The van der Waals surface area contributed by atoms with Gasteiger partial charge in [0.2, 0.25) is 5.91 Å². The Labute approximate surface area is 177 Å². The van der Waals surface area contributed by atoms with Crippen molar-refractivity contribution in [2.75, 3.05) is 30.4 Å². The van der Waals surface area contributed by atoms with Gasteiger partial charge in [-0.2, -0.15) is 13.2 Å². The number of alkyl halides is 3. The summed E-state index contributed by atoms with van der Waals surface area (Å²) in [5, 5.41) is 4.97. The number of ether oxygens (including phenoxy) is 1. The number of carbonyl (C=O) groups excluding carboxylic acids is 2. The normalized spacial score (nSPS) is 15.1. The van der Waals surface area contributed by atoms with Crippen LogP contribution in [0.1, 0.15) is 41.6 Å². The summed E-state index contributed by atoms with van der Waals surface area (Å²) in [5.74, 6) is -0.657. The van der Waals surface area contributed by atoms with Crippen molar-refractivity contribution >= 4 is 23.2 Å². The summed E-state index contributed by atoms with van der Waals surface area (Å²) < 4.78 is 51.8. The van der Waals surface area contributed by atoms with Crippen LogP contribution in [0.4, 0.5) is 24.5 Å². The second kappa shape index (κ2) is 9.42. The van der Waals surface area contributed by atoms with Gasteiger partial charge in [0.05, 0.1) is 18.2 Å². The number of piperidine rings is 1. The van der Waals surface area contributed by atoms with Crippen LogP contribution in [0.3, 0.4) is 0 Å². The van der Waals surface area contributed by atoms with Crippen LogP contribution >= 0.6 is 0 Å². The van der Waals surface area contributed by atoms with E-state index in [1.165, 1.54) is 31.2 Å². The van der Waals surface area contributed by atoms with Gasteiger partial charge in [-0.1, -0.05) is 0 Å². The van der Waals surface area contributed by atoms with Gasteiger partial charge in [-0.25, -0.2) is 0 Å². The van der Waals surface area contributed by atoms with Crippen molar-refractivity contribution in [3.05, 3.63) is 47.4 Å². The number of nitrogens with zero attached hydrogens (tertiary/aromatic N) is 1. The van der Waals surface area contributed by atoms with Crippen LogP contribution in [-0.4, -0.2) is 38.1 Å². The fraction of sp³-hybridized carbons (Fsp3) is 0.429. The summed E-state index contributed by atoms with van der Waals surface area (Å²) >= 11 is 0. The molecule has 2 aromatic rings. The first-order valence-electron chi connectivity index (χ1n) is 9.81. The number of hydrogen-bond donors (Lipinski definition) is 2. The Bertz CT molecular complexity index is 934. The first kappa shape index (κ1) is 22.7. The zero-order chi connectivity index (χ0) is 22.6. The standard InChI is InChI=1S/C21H24F3N3O4/c1-13(28)25-12-16-4-6-19(31-16)20(29)26-14-3-5-18(17(11-14)21(22,23)24)27-9-7-15(30-2)8-10-27/h3-6,11,15H,7-10,12H2,1-2H3,(H,25,28)(H,26,29). The van der Waals surface area contributed by atoms with E-state index in [2.05, 4.69) is 10.6 Å². The highest BCUT2D eigenvalue weighted by atomic mass is 19.4. The van der Waals surface area contributed by atoms with Crippen molar-refractivity contribution in [3.63, 3.8) is 0 Å². The number of furan rings is 1. The van der Waals surface area contributed by atoms with E-state index in [-0.39, 0.29) is 35.7 Å². The van der Waals surface area contributed by atoms with Gasteiger partial charge in [-0.3, -0.25) is 9.59 Å². The molecule has 3 rings (SSSR count). The number of rotatable bonds is 6. The number of amides is 2. The van der Waals surface area contributed by atoms with E-state index in [0.29, 0.717) is 31.7 Å². The van der Waals surface area contributed by atoms with Crippen molar-refractivity contribution in [2.24, 2.45) is 0 Å². The zero-order valence-corrected chi connectivity index (χ0v) is 17.2. The number of methoxy groups -OCH3 is 1. The molecule has 0 spiro atoms. The third kappa shape index (κ3) is 5.78. The predicted octanol–water partition coefficient (Wildman–Crippen LogP) is 3.80. The minimum absolute atomic E-state index is 0.00710. The van der Waals surface area contributed by atoms with Gasteiger partial charge in [0, 0.05) is 38.5 Å². The molecule has 168 valence electrons. The third-order valence-electron chi connectivity index (χ3n) is 5.07. The minimum Gasteiger partial charge on any atom is -0.454 e. The highest BCUT2D eigenvalue weighted by molar-refractivity contribution is 6.02. The number of halogens is 3. The molecule has 1 saturated heterocycles. The van der Waals surface area contributed by atoms with Crippen LogP contribution in [0.2, 0.25) is 0 Å². The third-order valence-corrected chi connectivity index (χ3v) is 5.07. The molecule has 1 aromatic heterocycles. The Morgan fingerprint density at radius 3 is 2.52 bits per heavy atom. The Hall–Kier alpha value is -3.01. The number of benzene rings is 1. The number of nitrogens with one attached hydrogen (secondary N) is 2. The second-order valence-corrected chi connectivity index (χ2v) is 7.28. The fourth-order valence-corrected chi connectivity index (χ4v) is 3.45. The molecule has 0 saturated carbocycles. The van der Waals surface area contributed by atoms with Gasteiger partial charge in [0.25, 0.3) is 5.91 Å². The molecule has 0 aliphatic carbocycles. The minimum atomic E-state index is -4.58. The monoisotopic (exact) mass is 439 g/mol. The number of hydrogen-bond acceptors (Lipinski definition) is 5. The van der Waals surface area contributed by atoms with Crippen molar-refractivity contribution < 1.29 is 31.9 Å². The molecule has 0 atom stereocenters. The molecular weight excluding hydrogens is 415 g/mol. The molecule has 1 fully saturated rings. The Morgan fingerprint density at radius 2 is 1.90 bits per heavy atom. The van der Waals surface area contributed by atoms with Crippen LogP contribution in [0.25, 0.3) is 0 Å². The summed E-state index contributed by atoms with van der Waals surface area (Å²) in [6.45, 7) is 2.36. The van der Waals surface area contributed by atoms with Crippen molar-refractivity contribution in [1.29, 1.82) is 0 Å². The molecule has 10 heteroatoms. The average molecular weight is 439 g/mol. The topological polar surface area (TPSA) is 83.8 Å². The number of anilines is 2. The van der Waals surface area contributed by atoms with E-state index in [9.17, 15) is 22.8 Å². The van der Waals surface area contributed by atoms with Crippen LogP contribution < -0.4 is 15.5 Å². The van der Waals surface area contributed by atoms with E-state index in [1.807, 2.05) is 0 Å². The summed E-state index contributed by atoms with van der Waals surface area (Å²) in [4.78, 5) is 25.0. The van der Waals surface area contributed by atoms with Crippen LogP contribution in [0.15, 0.2) is 34.7 Å². The lowest BCUT2D eigenvalue weighted by molar-refractivity contribution is -0.137. The van der Waals surface area contributed by atoms with Gasteiger partial charge in [0.15, 0.2) is 5.76 Å². The van der Waals surface area contributed by atoms with E-state index in [0.717, 1.165) is 6.07 Å². The first-order valence-corrected chi connectivity index (χ1v) is 9.81. The average Bonchev–Trinajstić information content (AvgIpc) is 3.21. The Balaban J connectivity index is 1.75. The van der Waals surface area contributed by atoms with Crippen LogP contribution in [0, 0.1) is 0 Å². The molecule has 7 nitrogen and oxygen atoms in total. The van der Waals surface area contributed by atoms with Crippen molar-refractivity contribution in [2.45, 2.75) is 38.6 Å². The maximum Gasteiger partial charge on any atom is 0.418 e. The maximum atomic E-state index is 13.7. The summed E-state index contributed by atoms with van der Waals surface area (Å²) in [6.07, 6.45) is -3.24. The predicted molar refractivity (Wildman–Crippen MR) is 108 cm³/mol. The Kier molecular flexibility index (Phi) is 6.89. The van der Waals surface area contributed by atoms with E-state index in [4.69, 9.17) is 9.15 Å². The molecule has 1 aromatic carbocycles. The molecule has 0 radical (unpaired) electrons. The number of carbonyl (C=O) groups is 2. The summed E-state index contributed by atoms with van der Waals surface area (Å²) in [7, 11) is 1.60. The molecular formula is C21H24F3N3O4. The van der Waals surface area contributed by atoms with Crippen molar-refractivity contribution in [3.8, 4) is 0 Å². The first-order chi connectivity index (χ1) is 14.7. The Morgan fingerprint density at radius 1 is 1.19 bits per heavy atom. The molecule has 2 heterocycles. The van der Waals surface area contributed by atoms with Gasteiger partial charge in [0.1, 0.15) is 5.76 Å². The molecule has 2 N–H and O–H groups in total. The molecule has 2 amide bonds. The largest absolute Gasteiger partial charge is 0.454 e. The zero-order valence-electron chi connectivity index (χ0n) is 17.2. The van der Waals surface area contributed by atoms with Gasteiger partial charge < -0.3 is 24.7 Å². The van der Waals surface area contributed by atoms with Gasteiger partial charge in [-0.15, -0.1) is 0 Å². The summed E-state index contributed by atoms with van der Waals surface area (Å²) in [5.41, 5.74) is -0.727. The highest BCUT2D eigenvalue weighted by Crippen LogP contribution is 2.39. The van der Waals surface area contributed by atoms with Crippen LogP contribution in [0.5, 0.6) is 0 Å². The quantitative estimate of drug-likeness (QED) is 0.715. The summed E-state index contributed by atoms with van der Waals surface area (Å²) in [6, 6.07) is 6.64. The smallest absolute Gasteiger partial charge is 0.418 e.